The Balaban J connectivity index is 2.80. The number of hydrogen-bond donors (Lipinski definition) is 1. The second-order valence-corrected chi connectivity index (χ2v) is 5.76. The zero-order valence-corrected chi connectivity index (χ0v) is 11.9. The summed E-state index contributed by atoms with van der Waals surface area (Å²) in [6.07, 6.45) is 0. The highest BCUT2D eigenvalue weighted by Crippen LogP contribution is 2.15. The Morgan fingerprint density at radius 3 is 2.59 bits per heavy atom. The first kappa shape index (κ1) is 14.5. The van der Waals surface area contributed by atoms with E-state index in [9.17, 15) is 4.79 Å². The molecule has 0 aromatic carbocycles. The van der Waals surface area contributed by atoms with Crippen LogP contribution in [0.4, 0.5) is 0 Å². The molecular formula is C13H27N3O. The van der Waals surface area contributed by atoms with Crippen LogP contribution in [-0.4, -0.2) is 62.0 Å². The molecule has 17 heavy (non-hydrogen) atoms. The Morgan fingerprint density at radius 1 is 1.41 bits per heavy atom. The molecule has 1 rings (SSSR count). The number of hydrogen-bond acceptors (Lipinski definition) is 3. The molecule has 2 unspecified atom stereocenters. The number of nitrogens with zero attached hydrogens (tertiary/aromatic N) is 2. The minimum atomic E-state index is -0.0105. The van der Waals surface area contributed by atoms with Gasteiger partial charge in [0.2, 0.25) is 5.91 Å². The highest BCUT2D eigenvalue weighted by Gasteiger charge is 2.32. The van der Waals surface area contributed by atoms with Gasteiger partial charge in [0.1, 0.15) is 6.04 Å². The average Bonchev–Trinajstić information content (AvgIpc) is 2.30. The van der Waals surface area contributed by atoms with E-state index in [0.29, 0.717) is 11.8 Å². The van der Waals surface area contributed by atoms with Gasteiger partial charge in [0.05, 0.1) is 0 Å². The Kier molecular flexibility index (Phi) is 5.40. The van der Waals surface area contributed by atoms with Gasteiger partial charge in [0, 0.05) is 26.2 Å². The van der Waals surface area contributed by atoms with Crippen molar-refractivity contribution < 1.29 is 4.79 Å². The summed E-state index contributed by atoms with van der Waals surface area (Å²) in [7, 11) is 3.96. The van der Waals surface area contributed by atoms with Crippen LogP contribution < -0.4 is 5.32 Å². The van der Waals surface area contributed by atoms with Gasteiger partial charge in [-0.3, -0.25) is 9.69 Å². The molecule has 1 fully saturated rings. The van der Waals surface area contributed by atoms with Gasteiger partial charge in [-0.15, -0.1) is 0 Å². The van der Waals surface area contributed by atoms with Crippen molar-refractivity contribution in [1.82, 2.24) is 15.1 Å². The van der Waals surface area contributed by atoms with Crippen LogP contribution in [0.1, 0.15) is 20.8 Å². The number of nitrogens with one attached hydrogen (secondary N) is 1. The van der Waals surface area contributed by atoms with Crippen LogP contribution in [0.25, 0.3) is 0 Å². The summed E-state index contributed by atoms with van der Waals surface area (Å²) < 4.78 is 0. The molecule has 0 radical (unpaired) electrons. The van der Waals surface area contributed by atoms with Crippen LogP contribution in [0.15, 0.2) is 0 Å². The first-order valence-corrected chi connectivity index (χ1v) is 6.59. The molecule has 1 aliphatic rings. The first-order chi connectivity index (χ1) is 7.95. The van der Waals surface area contributed by atoms with Gasteiger partial charge in [-0.25, -0.2) is 0 Å². The van der Waals surface area contributed by atoms with Crippen molar-refractivity contribution in [2.24, 2.45) is 11.8 Å². The van der Waals surface area contributed by atoms with E-state index in [0.717, 1.165) is 26.2 Å². The lowest BCUT2D eigenvalue weighted by Gasteiger charge is -2.28. The molecule has 0 saturated carbocycles. The number of carbonyl (C=O) groups excluding carboxylic acids is 1. The van der Waals surface area contributed by atoms with Gasteiger partial charge in [-0.1, -0.05) is 20.8 Å². The van der Waals surface area contributed by atoms with Crippen molar-refractivity contribution in [2.45, 2.75) is 26.8 Å². The molecule has 4 heteroatoms. The Labute approximate surface area is 105 Å². The lowest BCUT2D eigenvalue weighted by atomic mass is 10.1. The van der Waals surface area contributed by atoms with E-state index in [1.807, 2.05) is 11.9 Å². The summed E-state index contributed by atoms with van der Waals surface area (Å²) in [6, 6.07) is -0.0105. The predicted molar refractivity (Wildman–Crippen MR) is 70.9 cm³/mol. The fraction of sp³-hybridized carbons (Fsp3) is 0.923. The standard InChI is InChI=1S/C13H27N3O/c1-10(2)7-16-9-11(3)8-15(5)12(6-14-4)13(16)17/h10-12,14H,6-9H2,1-5H3. The van der Waals surface area contributed by atoms with Gasteiger partial charge >= 0.3 is 0 Å². The zero-order chi connectivity index (χ0) is 13.0. The second kappa shape index (κ2) is 6.36. The molecule has 4 nitrogen and oxygen atoms in total. The molecule has 0 aromatic heterocycles. The lowest BCUT2D eigenvalue weighted by Crippen LogP contribution is -2.49. The van der Waals surface area contributed by atoms with Crippen LogP contribution in [0.3, 0.4) is 0 Å². The minimum Gasteiger partial charge on any atom is -0.341 e. The topological polar surface area (TPSA) is 35.6 Å². The molecule has 0 aliphatic carbocycles. The molecule has 1 amide bonds. The third-order valence-electron chi connectivity index (χ3n) is 3.24. The van der Waals surface area contributed by atoms with E-state index in [1.165, 1.54) is 0 Å². The SMILES string of the molecule is CNCC1C(=O)N(CC(C)C)CC(C)CN1C. The smallest absolute Gasteiger partial charge is 0.241 e. The number of carbonyl (C=O) groups is 1. The normalized spacial score (nSPS) is 27.6. The molecule has 1 N–H and O–H groups in total. The lowest BCUT2D eigenvalue weighted by molar-refractivity contribution is -0.135. The summed E-state index contributed by atoms with van der Waals surface area (Å²) in [5, 5.41) is 3.13. The van der Waals surface area contributed by atoms with E-state index in [4.69, 9.17) is 0 Å². The minimum absolute atomic E-state index is 0.0105. The number of rotatable bonds is 4. The van der Waals surface area contributed by atoms with E-state index in [2.05, 4.69) is 38.0 Å². The third kappa shape index (κ3) is 3.96. The van der Waals surface area contributed by atoms with Crippen LogP contribution in [0.5, 0.6) is 0 Å². The first-order valence-electron chi connectivity index (χ1n) is 6.59. The zero-order valence-electron chi connectivity index (χ0n) is 11.9. The van der Waals surface area contributed by atoms with Crippen LogP contribution >= 0.6 is 0 Å². The Hall–Kier alpha value is -0.610. The summed E-state index contributed by atoms with van der Waals surface area (Å²) in [5.41, 5.74) is 0. The van der Waals surface area contributed by atoms with E-state index in [1.54, 1.807) is 0 Å². The average molecular weight is 241 g/mol. The maximum absolute atomic E-state index is 12.5. The molecule has 1 heterocycles. The Bertz CT molecular complexity index is 255. The highest BCUT2D eigenvalue weighted by molar-refractivity contribution is 5.82. The highest BCUT2D eigenvalue weighted by atomic mass is 16.2. The van der Waals surface area contributed by atoms with Gasteiger partial charge in [0.25, 0.3) is 0 Å². The van der Waals surface area contributed by atoms with Crippen molar-refractivity contribution in [1.29, 1.82) is 0 Å². The van der Waals surface area contributed by atoms with Gasteiger partial charge in [-0.2, -0.15) is 0 Å². The fourth-order valence-corrected chi connectivity index (χ4v) is 2.58. The van der Waals surface area contributed by atoms with Crippen LogP contribution in [-0.2, 0) is 4.79 Å². The largest absolute Gasteiger partial charge is 0.341 e. The van der Waals surface area contributed by atoms with Gasteiger partial charge in [-0.05, 0) is 25.9 Å². The molecule has 100 valence electrons. The molecule has 1 saturated heterocycles. The quantitative estimate of drug-likeness (QED) is 0.784. The Morgan fingerprint density at radius 2 is 2.06 bits per heavy atom. The van der Waals surface area contributed by atoms with Crippen molar-refractivity contribution in [3.8, 4) is 0 Å². The summed E-state index contributed by atoms with van der Waals surface area (Å²) in [6.45, 7) is 10.0. The molecule has 2 atom stereocenters. The molecule has 0 aromatic rings. The number of likely N-dealkylation sites (N-methyl/N-ethyl adjacent to an activating group) is 2. The van der Waals surface area contributed by atoms with Crippen LogP contribution in [0, 0.1) is 11.8 Å². The number of amides is 1. The van der Waals surface area contributed by atoms with Crippen LogP contribution in [0.2, 0.25) is 0 Å². The van der Waals surface area contributed by atoms with E-state index >= 15 is 0 Å². The monoisotopic (exact) mass is 241 g/mol. The van der Waals surface area contributed by atoms with Crippen molar-refractivity contribution in [3.63, 3.8) is 0 Å². The molecule has 1 aliphatic heterocycles. The summed E-state index contributed by atoms with van der Waals surface area (Å²) >= 11 is 0. The maximum atomic E-state index is 12.5. The summed E-state index contributed by atoms with van der Waals surface area (Å²) in [5.74, 6) is 1.36. The maximum Gasteiger partial charge on any atom is 0.241 e. The van der Waals surface area contributed by atoms with Crippen molar-refractivity contribution in [2.75, 3.05) is 40.3 Å². The van der Waals surface area contributed by atoms with E-state index < -0.39 is 0 Å². The molecular weight excluding hydrogens is 214 g/mol. The second-order valence-electron chi connectivity index (χ2n) is 5.76. The van der Waals surface area contributed by atoms with E-state index in [-0.39, 0.29) is 11.9 Å². The van der Waals surface area contributed by atoms with Crippen molar-refractivity contribution in [3.05, 3.63) is 0 Å². The third-order valence-corrected chi connectivity index (χ3v) is 3.24. The van der Waals surface area contributed by atoms with Gasteiger partial charge < -0.3 is 10.2 Å². The summed E-state index contributed by atoms with van der Waals surface area (Å²) in [4.78, 5) is 16.7. The molecule has 0 bridgehead atoms. The molecule has 0 spiro atoms. The fourth-order valence-electron chi connectivity index (χ4n) is 2.58. The van der Waals surface area contributed by atoms with Gasteiger partial charge in [0.15, 0.2) is 0 Å². The van der Waals surface area contributed by atoms with Crippen molar-refractivity contribution >= 4 is 5.91 Å². The predicted octanol–water partition coefficient (Wildman–Crippen LogP) is 0.641.